The van der Waals surface area contributed by atoms with Crippen LogP contribution in [0.25, 0.3) is 11.5 Å². The highest BCUT2D eigenvalue weighted by atomic mass is 16.5. The Morgan fingerprint density at radius 1 is 0.964 bits per heavy atom. The van der Waals surface area contributed by atoms with E-state index in [-0.39, 0.29) is 18.9 Å². The number of methoxy groups -OCH3 is 3. The number of benzene rings is 2. The van der Waals surface area contributed by atoms with Gasteiger partial charge < -0.3 is 23.9 Å². The molecule has 1 N–H and O–H groups in total. The minimum atomic E-state index is -0.177. The van der Waals surface area contributed by atoms with Crippen molar-refractivity contribution in [1.82, 2.24) is 15.5 Å². The minimum absolute atomic E-state index is 0.133. The third-order valence-corrected chi connectivity index (χ3v) is 4.05. The van der Waals surface area contributed by atoms with Crippen LogP contribution in [-0.2, 0) is 17.8 Å². The maximum absolute atomic E-state index is 12.2. The summed E-state index contributed by atoms with van der Waals surface area (Å²) in [7, 11) is 4.69. The van der Waals surface area contributed by atoms with E-state index in [1.807, 2.05) is 30.3 Å². The van der Waals surface area contributed by atoms with Crippen LogP contribution in [0.15, 0.2) is 46.9 Å². The molecule has 3 rings (SSSR count). The number of ether oxygens (including phenoxy) is 3. The van der Waals surface area contributed by atoms with Gasteiger partial charge in [-0.3, -0.25) is 4.79 Å². The van der Waals surface area contributed by atoms with Crippen LogP contribution in [0, 0.1) is 0 Å². The predicted octanol–water partition coefficient (Wildman–Crippen LogP) is 2.62. The number of amides is 1. The van der Waals surface area contributed by atoms with Crippen LogP contribution in [0.2, 0.25) is 0 Å². The lowest BCUT2D eigenvalue weighted by Crippen LogP contribution is -2.24. The summed E-state index contributed by atoms with van der Waals surface area (Å²) < 4.78 is 21.4. The largest absolute Gasteiger partial charge is 0.496 e. The molecular weight excluding hydrogens is 362 g/mol. The number of carbonyl (C=O) groups excluding carboxylic acids is 1. The van der Waals surface area contributed by atoms with Crippen molar-refractivity contribution in [3.05, 3.63) is 53.9 Å². The fourth-order valence-corrected chi connectivity index (χ4v) is 2.67. The molecule has 0 bridgehead atoms. The summed E-state index contributed by atoms with van der Waals surface area (Å²) >= 11 is 0. The quantitative estimate of drug-likeness (QED) is 0.639. The van der Waals surface area contributed by atoms with Crippen LogP contribution in [-0.4, -0.2) is 37.4 Å². The zero-order valence-electron chi connectivity index (χ0n) is 15.9. The van der Waals surface area contributed by atoms with Crippen LogP contribution in [0.1, 0.15) is 11.5 Å². The number of carbonyl (C=O) groups is 1. The van der Waals surface area contributed by atoms with Gasteiger partial charge >= 0.3 is 0 Å². The second-order valence-corrected chi connectivity index (χ2v) is 5.84. The molecular formula is C20H21N3O5. The number of aromatic nitrogens is 2. The predicted molar refractivity (Wildman–Crippen MR) is 101 cm³/mol. The second-order valence-electron chi connectivity index (χ2n) is 5.84. The van der Waals surface area contributed by atoms with Crippen molar-refractivity contribution in [2.45, 2.75) is 13.0 Å². The monoisotopic (exact) mass is 383 g/mol. The summed E-state index contributed by atoms with van der Waals surface area (Å²) in [6.45, 7) is 0.133. The molecule has 3 aromatic rings. The van der Waals surface area contributed by atoms with Crippen molar-refractivity contribution in [1.29, 1.82) is 0 Å². The molecule has 0 aliphatic rings. The first-order chi connectivity index (χ1) is 13.6. The molecule has 0 atom stereocenters. The topological polar surface area (TPSA) is 95.7 Å². The Labute approximate surface area is 162 Å². The molecule has 0 saturated heterocycles. The Morgan fingerprint density at radius 2 is 1.71 bits per heavy atom. The maximum Gasteiger partial charge on any atom is 0.251 e. The Bertz CT molecular complexity index is 955. The van der Waals surface area contributed by atoms with Crippen LogP contribution in [0.3, 0.4) is 0 Å². The van der Waals surface area contributed by atoms with Gasteiger partial charge in [0.15, 0.2) is 11.5 Å². The number of para-hydroxylation sites is 1. The van der Waals surface area contributed by atoms with Crippen LogP contribution in [0.5, 0.6) is 17.2 Å². The SMILES string of the molecule is COc1ccc(CC(=O)NCc2nnc(-c3ccccc3OC)o2)cc1OC. The summed E-state index contributed by atoms with van der Waals surface area (Å²) in [4.78, 5) is 12.2. The van der Waals surface area contributed by atoms with Crippen LogP contribution in [0.4, 0.5) is 0 Å². The van der Waals surface area contributed by atoms with E-state index >= 15 is 0 Å². The molecule has 1 amide bonds. The third-order valence-electron chi connectivity index (χ3n) is 4.05. The van der Waals surface area contributed by atoms with Crippen LogP contribution < -0.4 is 19.5 Å². The Balaban J connectivity index is 1.60. The summed E-state index contributed by atoms with van der Waals surface area (Å²) in [6.07, 6.45) is 0.188. The lowest BCUT2D eigenvalue weighted by atomic mass is 10.1. The van der Waals surface area contributed by atoms with Gasteiger partial charge in [-0.05, 0) is 29.8 Å². The molecule has 8 heteroatoms. The normalized spacial score (nSPS) is 10.4. The van der Waals surface area contributed by atoms with E-state index in [0.29, 0.717) is 34.6 Å². The van der Waals surface area contributed by atoms with Crippen molar-refractivity contribution in [3.63, 3.8) is 0 Å². The molecule has 2 aromatic carbocycles. The average molecular weight is 383 g/mol. The lowest BCUT2D eigenvalue weighted by molar-refractivity contribution is -0.120. The zero-order chi connectivity index (χ0) is 19.9. The van der Waals surface area contributed by atoms with E-state index in [0.717, 1.165) is 5.56 Å². The number of nitrogens with one attached hydrogen (secondary N) is 1. The molecule has 0 saturated carbocycles. The molecule has 28 heavy (non-hydrogen) atoms. The van der Waals surface area contributed by atoms with E-state index in [9.17, 15) is 4.79 Å². The average Bonchev–Trinajstić information content (AvgIpc) is 3.21. The summed E-state index contributed by atoms with van der Waals surface area (Å²) in [5.41, 5.74) is 1.50. The van der Waals surface area contributed by atoms with E-state index < -0.39 is 0 Å². The Kier molecular flexibility index (Phi) is 6.11. The van der Waals surface area contributed by atoms with Gasteiger partial charge in [-0.15, -0.1) is 10.2 Å². The maximum atomic E-state index is 12.2. The number of hydrogen-bond donors (Lipinski definition) is 1. The lowest BCUT2D eigenvalue weighted by Gasteiger charge is -2.09. The molecule has 0 spiro atoms. The van der Waals surface area contributed by atoms with Gasteiger partial charge in [-0.2, -0.15) is 0 Å². The molecule has 8 nitrogen and oxygen atoms in total. The Hall–Kier alpha value is -3.55. The number of hydrogen-bond acceptors (Lipinski definition) is 7. The molecule has 0 radical (unpaired) electrons. The van der Waals surface area contributed by atoms with Gasteiger partial charge in [-0.1, -0.05) is 18.2 Å². The van der Waals surface area contributed by atoms with Crippen molar-refractivity contribution < 1.29 is 23.4 Å². The van der Waals surface area contributed by atoms with E-state index in [2.05, 4.69) is 15.5 Å². The minimum Gasteiger partial charge on any atom is -0.496 e. The molecule has 0 unspecified atom stereocenters. The third kappa shape index (κ3) is 4.40. The fraction of sp³-hybridized carbons (Fsp3) is 0.250. The number of nitrogens with zero attached hydrogens (tertiary/aromatic N) is 2. The van der Waals surface area contributed by atoms with Crippen LogP contribution >= 0.6 is 0 Å². The molecule has 0 aliphatic carbocycles. The summed E-state index contributed by atoms with van der Waals surface area (Å²) in [5, 5.41) is 10.8. The first-order valence-corrected chi connectivity index (χ1v) is 8.58. The van der Waals surface area contributed by atoms with Gasteiger partial charge in [0.25, 0.3) is 5.89 Å². The highest BCUT2D eigenvalue weighted by Gasteiger charge is 2.14. The summed E-state index contributed by atoms with van der Waals surface area (Å²) in [6, 6.07) is 12.7. The second kappa shape index (κ2) is 8.90. The van der Waals surface area contributed by atoms with Gasteiger partial charge in [-0.25, -0.2) is 0 Å². The zero-order valence-corrected chi connectivity index (χ0v) is 15.9. The van der Waals surface area contributed by atoms with Crippen molar-refractivity contribution >= 4 is 5.91 Å². The van der Waals surface area contributed by atoms with Crippen molar-refractivity contribution in [3.8, 4) is 28.7 Å². The molecule has 0 fully saturated rings. The smallest absolute Gasteiger partial charge is 0.251 e. The fourth-order valence-electron chi connectivity index (χ4n) is 2.67. The number of rotatable bonds is 8. The van der Waals surface area contributed by atoms with E-state index in [1.54, 1.807) is 33.5 Å². The van der Waals surface area contributed by atoms with E-state index in [1.165, 1.54) is 0 Å². The first kappa shape index (κ1) is 19.2. The first-order valence-electron chi connectivity index (χ1n) is 8.58. The standard InChI is InChI=1S/C20H21N3O5/c1-25-15-7-5-4-6-14(15)20-23-22-19(28-20)12-21-18(24)11-13-8-9-16(26-2)17(10-13)27-3/h4-10H,11-12H2,1-3H3,(H,21,24). The van der Waals surface area contributed by atoms with Gasteiger partial charge in [0.2, 0.25) is 11.8 Å². The van der Waals surface area contributed by atoms with E-state index in [4.69, 9.17) is 18.6 Å². The Morgan fingerprint density at radius 3 is 2.46 bits per heavy atom. The van der Waals surface area contributed by atoms with Crippen molar-refractivity contribution in [2.75, 3.05) is 21.3 Å². The highest BCUT2D eigenvalue weighted by Crippen LogP contribution is 2.29. The van der Waals surface area contributed by atoms with Gasteiger partial charge in [0, 0.05) is 0 Å². The van der Waals surface area contributed by atoms with Crippen molar-refractivity contribution in [2.24, 2.45) is 0 Å². The van der Waals surface area contributed by atoms with Gasteiger partial charge in [0.1, 0.15) is 5.75 Å². The molecule has 146 valence electrons. The molecule has 1 heterocycles. The molecule has 1 aromatic heterocycles. The summed E-state index contributed by atoms with van der Waals surface area (Å²) in [5.74, 6) is 2.29. The van der Waals surface area contributed by atoms with Gasteiger partial charge in [0.05, 0.1) is 39.9 Å². The molecule has 0 aliphatic heterocycles. The highest BCUT2D eigenvalue weighted by molar-refractivity contribution is 5.78.